The van der Waals surface area contributed by atoms with Gasteiger partial charge in [-0.3, -0.25) is 0 Å². The summed E-state index contributed by atoms with van der Waals surface area (Å²) in [5.74, 6) is 0. The third kappa shape index (κ3) is 1.92. The number of rotatable bonds is 2. The van der Waals surface area contributed by atoms with Crippen molar-refractivity contribution in [3.63, 3.8) is 0 Å². The van der Waals surface area contributed by atoms with E-state index in [2.05, 4.69) is 91.0 Å². The average molecular weight is 310 g/mol. The molecule has 116 valence electrons. The topological polar surface area (TPSA) is 9.23 Å². The molecule has 0 N–H and O–H groups in total. The molecule has 3 aromatic rings. The predicted octanol–water partition coefficient (Wildman–Crippen LogP) is 5.49. The molecule has 0 aromatic heterocycles. The van der Waals surface area contributed by atoms with E-state index in [1.165, 1.54) is 27.8 Å². The van der Waals surface area contributed by atoms with Crippen LogP contribution in [0.4, 0.5) is 0 Å². The highest BCUT2D eigenvalue weighted by Crippen LogP contribution is 2.55. The lowest BCUT2D eigenvalue weighted by Gasteiger charge is -2.33. The standard InChI is InChI=1S/C23H18O/c1-3-9-17(10-4-1)18-15-22-20-13-7-8-14-21(20)23(16-18,24-22)19-11-5-2-6-12-19/h1-14,16,22H,15H2/t22-,23-/m0/s1. The Bertz CT molecular complexity index is 911. The summed E-state index contributed by atoms with van der Waals surface area (Å²) in [6.45, 7) is 0. The Kier molecular flexibility index (Phi) is 2.97. The molecule has 0 amide bonds. The lowest BCUT2D eigenvalue weighted by Crippen LogP contribution is -2.27. The molecular formula is C23H18O. The van der Waals surface area contributed by atoms with E-state index < -0.39 is 5.60 Å². The van der Waals surface area contributed by atoms with Crippen LogP contribution in [-0.4, -0.2) is 0 Å². The van der Waals surface area contributed by atoms with Crippen LogP contribution in [0.15, 0.2) is 91.0 Å². The van der Waals surface area contributed by atoms with Crippen LogP contribution in [0, 0.1) is 0 Å². The first kappa shape index (κ1) is 13.8. The van der Waals surface area contributed by atoms with Gasteiger partial charge in [0.05, 0.1) is 6.10 Å². The minimum absolute atomic E-state index is 0.126. The smallest absolute Gasteiger partial charge is 0.138 e. The van der Waals surface area contributed by atoms with Crippen LogP contribution in [0.1, 0.15) is 34.8 Å². The van der Waals surface area contributed by atoms with Gasteiger partial charge in [-0.05, 0) is 33.9 Å². The molecule has 2 aliphatic heterocycles. The van der Waals surface area contributed by atoms with Gasteiger partial charge in [-0.15, -0.1) is 0 Å². The second-order valence-corrected chi connectivity index (χ2v) is 6.54. The van der Waals surface area contributed by atoms with Crippen LogP contribution >= 0.6 is 0 Å². The van der Waals surface area contributed by atoms with Crippen molar-refractivity contribution < 1.29 is 4.74 Å². The number of benzene rings is 3. The highest BCUT2D eigenvalue weighted by molar-refractivity contribution is 5.72. The molecule has 2 aliphatic rings. The predicted molar refractivity (Wildman–Crippen MR) is 96.5 cm³/mol. The Balaban J connectivity index is 1.76. The molecule has 3 aromatic carbocycles. The van der Waals surface area contributed by atoms with Crippen molar-refractivity contribution in [1.29, 1.82) is 0 Å². The van der Waals surface area contributed by atoms with E-state index in [4.69, 9.17) is 4.74 Å². The van der Waals surface area contributed by atoms with Gasteiger partial charge in [0.15, 0.2) is 0 Å². The molecule has 0 aliphatic carbocycles. The minimum atomic E-state index is -0.466. The van der Waals surface area contributed by atoms with Crippen molar-refractivity contribution in [1.82, 2.24) is 0 Å². The Morgan fingerprint density at radius 1 is 0.750 bits per heavy atom. The van der Waals surface area contributed by atoms with E-state index in [0.717, 1.165) is 6.42 Å². The molecule has 1 nitrogen and oxygen atoms in total. The Morgan fingerprint density at radius 3 is 2.21 bits per heavy atom. The monoisotopic (exact) mass is 310 g/mol. The normalized spacial score (nSPS) is 24.3. The van der Waals surface area contributed by atoms with Gasteiger partial charge in [-0.1, -0.05) is 84.9 Å². The van der Waals surface area contributed by atoms with Crippen LogP contribution in [-0.2, 0) is 10.3 Å². The van der Waals surface area contributed by atoms with Gasteiger partial charge in [-0.2, -0.15) is 0 Å². The fraction of sp³-hybridized carbons (Fsp3) is 0.130. The number of hydrogen-bond acceptors (Lipinski definition) is 1. The van der Waals surface area contributed by atoms with Gasteiger partial charge < -0.3 is 4.74 Å². The van der Waals surface area contributed by atoms with Gasteiger partial charge >= 0.3 is 0 Å². The summed E-state index contributed by atoms with van der Waals surface area (Å²) in [7, 11) is 0. The van der Waals surface area contributed by atoms with Crippen molar-refractivity contribution in [3.8, 4) is 0 Å². The zero-order valence-electron chi connectivity index (χ0n) is 13.4. The molecule has 2 heterocycles. The van der Waals surface area contributed by atoms with Crippen molar-refractivity contribution in [2.75, 3.05) is 0 Å². The van der Waals surface area contributed by atoms with Gasteiger partial charge in [0.1, 0.15) is 5.60 Å². The Morgan fingerprint density at radius 2 is 1.42 bits per heavy atom. The first-order chi connectivity index (χ1) is 11.9. The molecule has 0 radical (unpaired) electrons. The fourth-order valence-electron chi connectivity index (χ4n) is 4.08. The minimum Gasteiger partial charge on any atom is -0.353 e. The van der Waals surface area contributed by atoms with Crippen molar-refractivity contribution in [2.45, 2.75) is 18.1 Å². The summed E-state index contributed by atoms with van der Waals surface area (Å²) in [4.78, 5) is 0. The SMILES string of the molecule is C1=C(c2ccccc2)C[C@@H]2O[C@@]1(c1ccccc1)c1ccccc12. The van der Waals surface area contributed by atoms with Gasteiger partial charge in [0.25, 0.3) is 0 Å². The third-order valence-corrected chi connectivity index (χ3v) is 5.17. The van der Waals surface area contributed by atoms with Crippen LogP contribution in [0.5, 0.6) is 0 Å². The van der Waals surface area contributed by atoms with E-state index in [-0.39, 0.29) is 6.10 Å². The molecule has 0 saturated carbocycles. The Labute approximate surface area is 142 Å². The third-order valence-electron chi connectivity index (χ3n) is 5.17. The van der Waals surface area contributed by atoms with Crippen LogP contribution in [0.2, 0.25) is 0 Å². The molecule has 5 rings (SSSR count). The molecule has 0 spiro atoms. The zero-order chi connectivity index (χ0) is 16.0. The van der Waals surface area contributed by atoms with Crippen molar-refractivity contribution >= 4 is 5.57 Å². The van der Waals surface area contributed by atoms with E-state index >= 15 is 0 Å². The molecular weight excluding hydrogens is 292 g/mol. The zero-order valence-corrected chi connectivity index (χ0v) is 13.4. The number of hydrogen-bond donors (Lipinski definition) is 0. The molecule has 2 atom stereocenters. The summed E-state index contributed by atoms with van der Waals surface area (Å²) in [6.07, 6.45) is 3.39. The van der Waals surface area contributed by atoms with E-state index in [1.807, 2.05) is 0 Å². The van der Waals surface area contributed by atoms with Gasteiger partial charge in [-0.25, -0.2) is 0 Å². The van der Waals surface area contributed by atoms with E-state index in [1.54, 1.807) is 0 Å². The van der Waals surface area contributed by atoms with Crippen molar-refractivity contribution in [3.05, 3.63) is 113 Å². The largest absolute Gasteiger partial charge is 0.353 e. The molecule has 24 heavy (non-hydrogen) atoms. The molecule has 0 unspecified atom stereocenters. The highest BCUT2D eigenvalue weighted by Gasteiger charge is 2.47. The lowest BCUT2D eigenvalue weighted by atomic mass is 9.84. The maximum absolute atomic E-state index is 6.62. The average Bonchev–Trinajstić information content (AvgIpc) is 2.91. The van der Waals surface area contributed by atoms with Crippen LogP contribution in [0.3, 0.4) is 0 Å². The van der Waals surface area contributed by atoms with Crippen molar-refractivity contribution in [2.24, 2.45) is 0 Å². The first-order valence-electron chi connectivity index (χ1n) is 8.47. The van der Waals surface area contributed by atoms with Crippen LogP contribution in [0.25, 0.3) is 5.57 Å². The second kappa shape index (κ2) is 5.19. The van der Waals surface area contributed by atoms with E-state index in [9.17, 15) is 0 Å². The molecule has 2 bridgehead atoms. The molecule has 0 fully saturated rings. The number of ether oxygens (including phenoxy) is 1. The highest BCUT2D eigenvalue weighted by atomic mass is 16.5. The fourth-order valence-corrected chi connectivity index (χ4v) is 4.08. The number of fused-ring (bicyclic) bond motifs is 5. The summed E-state index contributed by atoms with van der Waals surface area (Å²) in [5.41, 5.74) is 6.00. The van der Waals surface area contributed by atoms with Gasteiger partial charge in [0, 0.05) is 6.42 Å². The summed E-state index contributed by atoms with van der Waals surface area (Å²) >= 11 is 0. The van der Waals surface area contributed by atoms with E-state index in [0.29, 0.717) is 0 Å². The second-order valence-electron chi connectivity index (χ2n) is 6.54. The van der Waals surface area contributed by atoms with Gasteiger partial charge in [0.2, 0.25) is 0 Å². The first-order valence-corrected chi connectivity index (χ1v) is 8.47. The summed E-state index contributed by atoms with van der Waals surface area (Å²) < 4.78 is 6.62. The molecule has 1 heteroatoms. The molecule has 0 saturated heterocycles. The summed E-state index contributed by atoms with van der Waals surface area (Å²) in [5, 5.41) is 0. The quantitative estimate of drug-likeness (QED) is 0.608. The Hall–Kier alpha value is -2.64. The lowest BCUT2D eigenvalue weighted by molar-refractivity contribution is -0.0222. The van der Waals surface area contributed by atoms with Crippen LogP contribution < -0.4 is 0 Å². The maximum Gasteiger partial charge on any atom is 0.138 e. The maximum atomic E-state index is 6.62. The summed E-state index contributed by atoms with van der Waals surface area (Å²) in [6, 6.07) is 29.9.